The molecule has 3 aromatic rings. The minimum atomic E-state index is -3.52. The van der Waals surface area contributed by atoms with Gasteiger partial charge in [-0.15, -0.1) is 11.3 Å². The molecule has 0 unspecified atom stereocenters. The van der Waals surface area contributed by atoms with E-state index in [4.69, 9.17) is 0 Å². The Morgan fingerprint density at radius 1 is 1.10 bits per heavy atom. The van der Waals surface area contributed by atoms with E-state index in [9.17, 15) is 13.2 Å². The second-order valence-electron chi connectivity index (χ2n) is 6.90. The molecule has 4 rings (SSSR count). The topological polar surface area (TPSA) is 70.6 Å². The van der Waals surface area contributed by atoms with Gasteiger partial charge < -0.3 is 4.90 Å². The Morgan fingerprint density at radius 2 is 1.83 bits per heavy atom. The molecular weight excluding hydrogens is 438 g/mol. The SMILES string of the molecule is Cc1nc(-c2ccsc2)sc1C(=O)N1CCN(S(=O)(=O)C=Cc2ccccc2)CC1. The van der Waals surface area contributed by atoms with E-state index in [1.165, 1.54) is 21.1 Å². The molecule has 1 saturated heterocycles. The fourth-order valence-electron chi connectivity index (χ4n) is 3.21. The molecule has 0 atom stereocenters. The number of carbonyl (C=O) groups excluding carboxylic acids is 1. The third kappa shape index (κ3) is 4.54. The number of benzene rings is 1. The van der Waals surface area contributed by atoms with Gasteiger partial charge >= 0.3 is 0 Å². The van der Waals surface area contributed by atoms with Crippen LogP contribution in [0.5, 0.6) is 0 Å². The lowest BCUT2D eigenvalue weighted by Gasteiger charge is -2.33. The average molecular weight is 460 g/mol. The van der Waals surface area contributed by atoms with Gasteiger partial charge in [-0.2, -0.15) is 15.6 Å². The van der Waals surface area contributed by atoms with E-state index in [1.807, 2.05) is 54.1 Å². The van der Waals surface area contributed by atoms with E-state index < -0.39 is 10.0 Å². The van der Waals surface area contributed by atoms with Crippen LogP contribution in [0.3, 0.4) is 0 Å². The number of nitrogens with zero attached hydrogens (tertiary/aromatic N) is 3. The lowest BCUT2D eigenvalue weighted by molar-refractivity contribution is 0.0702. The van der Waals surface area contributed by atoms with Crippen LogP contribution in [-0.2, 0) is 10.0 Å². The molecule has 1 aliphatic heterocycles. The molecule has 9 heteroatoms. The smallest absolute Gasteiger partial charge is 0.265 e. The van der Waals surface area contributed by atoms with E-state index in [0.717, 1.165) is 16.1 Å². The number of sulfonamides is 1. The lowest BCUT2D eigenvalue weighted by atomic mass is 10.2. The van der Waals surface area contributed by atoms with E-state index >= 15 is 0 Å². The summed E-state index contributed by atoms with van der Waals surface area (Å²) >= 11 is 2.99. The zero-order valence-corrected chi connectivity index (χ0v) is 18.8. The van der Waals surface area contributed by atoms with Crippen LogP contribution < -0.4 is 0 Å². The summed E-state index contributed by atoms with van der Waals surface area (Å²) in [6, 6.07) is 11.3. The first-order chi connectivity index (χ1) is 14.4. The Morgan fingerprint density at radius 3 is 2.50 bits per heavy atom. The van der Waals surface area contributed by atoms with E-state index in [1.54, 1.807) is 22.3 Å². The predicted octanol–water partition coefficient (Wildman–Crippen LogP) is 3.94. The van der Waals surface area contributed by atoms with Crippen molar-refractivity contribution in [1.29, 1.82) is 0 Å². The van der Waals surface area contributed by atoms with Gasteiger partial charge in [0.2, 0.25) is 10.0 Å². The van der Waals surface area contributed by atoms with Crippen molar-refractivity contribution >= 4 is 44.7 Å². The molecule has 0 bridgehead atoms. The summed E-state index contributed by atoms with van der Waals surface area (Å²) in [7, 11) is -3.52. The van der Waals surface area contributed by atoms with Gasteiger partial charge in [0.05, 0.1) is 5.69 Å². The number of rotatable bonds is 5. The molecule has 156 valence electrons. The number of aryl methyl sites for hydroxylation is 1. The summed E-state index contributed by atoms with van der Waals surface area (Å²) in [6.45, 7) is 3.13. The number of aromatic nitrogens is 1. The summed E-state index contributed by atoms with van der Waals surface area (Å²) in [5.41, 5.74) is 2.57. The van der Waals surface area contributed by atoms with Crippen molar-refractivity contribution in [3.63, 3.8) is 0 Å². The largest absolute Gasteiger partial charge is 0.335 e. The summed E-state index contributed by atoms with van der Waals surface area (Å²) in [5, 5.41) is 6.07. The Balaban J connectivity index is 1.41. The molecule has 0 spiro atoms. The number of hydrogen-bond donors (Lipinski definition) is 0. The minimum Gasteiger partial charge on any atom is -0.335 e. The molecule has 1 aliphatic rings. The van der Waals surface area contributed by atoms with Gasteiger partial charge in [0, 0.05) is 42.5 Å². The van der Waals surface area contributed by atoms with Gasteiger partial charge in [-0.25, -0.2) is 13.4 Å². The Hall–Kier alpha value is -2.33. The zero-order chi connectivity index (χ0) is 21.1. The van der Waals surface area contributed by atoms with Crippen molar-refractivity contribution in [1.82, 2.24) is 14.2 Å². The summed E-state index contributed by atoms with van der Waals surface area (Å²) < 4.78 is 26.7. The molecule has 0 saturated carbocycles. The van der Waals surface area contributed by atoms with Gasteiger partial charge in [0.1, 0.15) is 9.88 Å². The average Bonchev–Trinajstić information content (AvgIpc) is 3.42. The maximum absolute atomic E-state index is 13.0. The minimum absolute atomic E-state index is 0.0802. The number of amides is 1. The molecule has 1 fully saturated rings. The van der Waals surface area contributed by atoms with E-state index in [-0.39, 0.29) is 19.0 Å². The molecule has 6 nitrogen and oxygen atoms in total. The molecule has 30 heavy (non-hydrogen) atoms. The van der Waals surface area contributed by atoms with Crippen molar-refractivity contribution in [3.05, 3.63) is 68.7 Å². The van der Waals surface area contributed by atoms with Gasteiger partial charge in [-0.3, -0.25) is 4.79 Å². The molecule has 2 aromatic heterocycles. The van der Waals surface area contributed by atoms with Gasteiger partial charge in [-0.1, -0.05) is 30.3 Å². The normalized spacial score (nSPS) is 15.7. The van der Waals surface area contributed by atoms with Crippen LogP contribution >= 0.6 is 22.7 Å². The molecular formula is C21H21N3O3S3. The van der Waals surface area contributed by atoms with Crippen molar-refractivity contribution in [2.75, 3.05) is 26.2 Å². The van der Waals surface area contributed by atoms with Crippen molar-refractivity contribution < 1.29 is 13.2 Å². The highest BCUT2D eigenvalue weighted by atomic mass is 32.2. The lowest BCUT2D eigenvalue weighted by Crippen LogP contribution is -2.50. The Bertz CT molecular complexity index is 1140. The van der Waals surface area contributed by atoms with Crippen molar-refractivity contribution in [3.8, 4) is 10.6 Å². The first-order valence-electron chi connectivity index (χ1n) is 9.46. The standard InChI is InChI=1S/C21H21N3O3S3/c1-16-19(29-20(22-16)18-7-13-28-15-18)21(25)23-9-11-24(12-10-23)30(26,27)14-8-17-5-3-2-4-6-17/h2-8,13-15H,9-12H2,1H3. The highest BCUT2D eigenvalue weighted by Gasteiger charge is 2.29. The monoisotopic (exact) mass is 459 g/mol. The number of hydrogen-bond acceptors (Lipinski definition) is 6. The summed E-state index contributed by atoms with van der Waals surface area (Å²) in [6.07, 6.45) is 1.60. The van der Waals surface area contributed by atoms with Crippen LogP contribution in [0.2, 0.25) is 0 Å². The number of thiophene rings is 1. The van der Waals surface area contributed by atoms with Gasteiger partial charge in [0.15, 0.2) is 0 Å². The second kappa shape index (κ2) is 8.81. The van der Waals surface area contributed by atoms with Crippen LogP contribution in [0, 0.1) is 6.92 Å². The predicted molar refractivity (Wildman–Crippen MR) is 122 cm³/mol. The fraction of sp³-hybridized carbons (Fsp3) is 0.238. The van der Waals surface area contributed by atoms with Crippen LogP contribution in [0.1, 0.15) is 20.9 Å². The molecule has 1 aromatic carbocycles. The highest BCUT2D eigenvalue weighted by Crippen LogP contribution is 2.30. The third-order valence-electron chi connectivity index (χ3n) is 4.88. The van der Waals surface area contributed by atoms with E-state index in [0.29, 0.717) is 23.7 Å². The van der Waals surface area contributed by atoms with Crippen molar-refractivity contribution in [2.45, 2.75) is 6.92 Å². The Kier molecular flexibility index (Phi) is 6.14. The third-order valence-corrected chi connectivity index (χ3v) is 8.32. The summed E-state index contributed by atoms with van der Waals surface area (Å²) in [5.74, 6) is -0.0802. The van der Waals surface area contributed by atoms with Gasteiger partial charge in [-0.05, 0) is 30.0 Å². The second-order valence-corrected chi connectivity index (χ2v) is 10.5. The number of thiazole rings is 1. The number of piperazine rings is 1. The fourth-order valence-corrected chi connectivity index (χ4v) is 6.13. The molecule has 3 heterocycles. The molecule has 0 N–H and O–H groups in total. The van der Waals surface area contributed by atoms with Crippen LogP contribution in [0.15, 0.2) is 52.6 Å². The van der Waals surface area contributed by atoms with Crippen molar-refractivity contribution in [2.24, 2.45) is 0 Å². The maximum Gasteiger partial charge on any atom is 0.265 e. The molecule has 0 aliphatic carbocycles. The zero-order valence-electron chi connectivity index (χ0n) is 16.4. The highest BCUT2D eigenvalue weighted by molar-refractivity contribution is 7.92. The molecule has 0 radical (unpaired) electrons. The quantitative estimate of drug-likeness (QED) is 0.580. The summed E-state index contributed by atoms with van der Waals surface area (Å²) in [4.78, 5) is 19.9. The maximum atomic E-state index is 13.0. The van der Waals surface area contributed by atoms with Crippen LogP contribution in [0.4, 0.5) is 0 Å². The first kappa shape index (κ1) is 20.9. The van der Waals surface area contributed by atoms with E-state index in [2.05, 4.69) is 4.98 Å². The van der Waals surface area contributed by atoms with Crippen LogP contribution in [-0.4, -0.2) is 54.7 Å². The molecule has 1 amide bonds. The van der Waals surface area contributed by atoms with Crippen LogP contribution in [0.25, 0.3) is 16.6 Å². The Labute approximate surface area is 184 Å². The van der Waals surface area contributed by atoms with Gasteiger partial charge in [0.25, 0.3) is 5.91 Å². The number of carbonyl (C=O) groups is 1. The first-order valence-corrected chi connectivity index (χ1v) is 12.7.